The molecule has 1 aromatic rings. The van der Waals surface area contributed by atoms with Gasteiger partial charge in [-0.3, -0.25) is 19.4 Å². The smallest absolute Gasteiger partial charge is 0.323 e. The van der Waals surface area contributed by atoms with E-state index in [-0.39, 0.29) is 30.3 Å². The van der Waals surface area contributed by atoms with Gasteiger partial charge in [-0.1, -0.05) is 61.0 Å². The van der Waals surface area contributed by atoms with Gasteiger partial charge in [0.25, 0.3) is 0 Å². The average Bonchev–Trinajstić information content (AvgIpc) is 3.55. The Labute approximate surface area is 241 Å². The molecule has 1 aliphatic rings. The number of aromatic nitrogens is 1. The number of ether oxygens (including phenoxy) is 3. The number of esters is 3. The molecule has 1 aromatic heterocycles. The van der Waals surface area contributed by atoms with Crippen LogP contribution in [0.5, 0.6) is 0 Å². The van der Waals surface area contributed by atoms with Crippen LogP contribution in [-0.2, 0) is 44.8 Å². The molecule has 1 saturated carbocycles. The van der Waals surface area contributed by atoms with Gasteiger partial charge in [0.15, 0.2) is 13.7 Å². The van der Waals surface area contributed by atoms with E-state index in [9.17, 15) is 14.4 Å². The van der Waals surface area contributed by atoms with Crippen LogP contribution in [0.3, 0.4) is 0 Å². The predicted molar refractivity (Wildman–Crippen MR) is 156 cm³/mol. The first-order valence-corrected chi connectivity index (χ1v) is 16.9. The van der Waals surface area contributed by atoms with Gasteiger partial charge in [0.2, 0.25) is 0 Å². The van der Waals surface area contributed by atoms with E-state index < -0.39 is 36.7 Å². The largest absolute Gasteiger partial charge is 0.468 e. The molecule has 1 aliphatic carbocycles. The lowest BCUT2D eigenvalue weighted by Crippen LogP contribution is -2.47. The maximum Gasteiger partial charge on any atom is 0.323 e. The zero-order chi connectivity index (χ0) is 29.7. The summed E-state index contributed by atoms with van der Waals surface area (Å²) in [6, 6.07) is 5.41. The molecule has 0 N–H and O–H groups in total. The van der Waals surface area contributed by atoms with E-state index in [1.807, 2.05) is 12.1 Å². The summed E-state index contributed by atoms with van der Waals surface area (Å²) in [5.41, 5.74) is -2.12. The van der Waals surface area contributed by atoms with E-state index in [0.717, 1.165) is 5.69 Å². The molecule has 1 fully saturated rings. The molecule has 2 atom stereocenters. The Morgan fingerprint density at radius 3 is 2.13 bits per heavy atom. The van der Waals surface area contributed by atoms with Gasteiger partial charge in [0, 0.05) is 17.4 Å². The highest BCUT2D eigenvalue weighted by Gasteiger charge is 2.73. The molecule has 0 unspecified atom stereocenters. The van der Waals surface area contributed by atoms with Crippen LogP contribution in [0.15, 0.2) is 43.0 Å². The highest BCUT2D eigenvalue weighted by atomic mass is 79.9. The van der Waals surface area contributed by atoms with Gasteiger partial charge in [-0.15, -0.1) is 6.58 Å². The number of hydrogen-bond acceptors (Lipinski definition) is 8. The summed E-state index contributed by atoms with van der Waals surface area (Å²) in [6.07, 6.45) is 5.93. The van der Waals surface area contributed by atoms with E-state index in [0.29, 0.717) is 17.4 Å². The molecule has 0 saturated heterocycles. The lowest BCUT2D eigenvalue weighted by Gasteiger charge is -2.40. The number of carbonyl (C=O) groups is 3. The Morgan fingerprint density at radius 2 is 1.64 bits per heavy atom. The summed E-state index contributed by atoms with van der Waals surface area (Å²) in [5, 5.41) is 0.464. The molecule has 0 aliphatic heterocycles. The lowest BCUT2D eigenvalue weighted by atomic mass is 9.79. The first-order valence-electron chi connectivity index (χ1n) is 12.9. The second-order valence-electron chi connectivity index (χ2n) is 11.6. The third kappa shape index (κ3) is 6.54. The van der Waals surface area contributed by atoms with Crippen molar-refractivity contribution in [1.82, 2.24) is 4.98 Å². The van der Waals surface area contributed by atoms with Crippen molar-refractivity contribution in [3.05, 3.63) is 54.4 Å². The van der Waals surface area contributed by atoms with E-state index in [1.54, 1.807) is 24.3 Å². The summed E-state index contributed by atoms with van der Waals surface area (Å²) in [4.78, 5) is 43.7. The molecule has 216 valence electrons. The van der Waals surface area contributed by atoms with Gasteiger partial charge in [-0.2, -0.15) is 0 Å². The fourth-order valence-corrected chi connectivity index (χ4v) is 6.54. The van der Waals surface area contributed by atoms with Gasteiger partial charge in [0.1, 0.15) is 5.41 Å². The van der Waals surface area contributed by atoms with Crippen LogP contribution in [0.25, 0.3) is 0 Å². The van der Waals surface area contributed by atoms with Crippen molar-refractivity contribution in [2.24, 2.45) is 10.8 Å². The van der Waals surface area contributed by atoms with Crippen LogP contribution in [-0.4, -0.2) is 58.1 Å². The molecule has 0 radical (unpaired) electrons. The number of pyridine rings is 1. The molecular weight excluding hydrogens is 582 g/mol. The van der Waals surface area contributed by atoms with Crippen molar-refractivity contribution >= 4 is 42.2 Å². The summed E-state index contributed by atoms with van der Waals surface area (Å²) >= 11 is 3.38. The monoisotopic (exact) mass is 623 g/mol. The third-order valence-corrected chi connectivity index (χ3v) is 13.2. The van der Waals surface area contributed by atoms with Crippen molar-refractivity contribution in [3.8, 4) is 0 Å². The van der Waals surface area contributed by atoms with Gasteiger partial charge >= 0.3 is 17.9 Å². The predicted octanol–water partition coefficient (Wildman–Crippen LogP) is 5.70. The molecule has 0 aromatic carbocycles. The molecule has 0 bridgehead atoms. The number of alkyl halides is 1. The lowest BCUT2D eigenvalue weighted by molar-refractivity contribution is -0.169. The van der Waals surface area contributed by atoms with E-state index in [2.05, 4.69) is 61.4 Å². The van der Waals surface area contributed by atoms with Crippen LogP contribution < -0.4 is 0 Å². The van der Waals surface area contributed by atoms with Crippen molar-refractivity contribution in [1.29, 1.82) is 0 Å². The Balaban J connectivity index is 2.40. The van der Waals surface area contributed by atoms with Crippen LogP contribution in [0.1, 0.15) is 51.4 Å². The number of allylic oxidation sites excluding steroid dienone is 2. The quantitative estimate of drug-likeness (QED) is 0.0689. The topological polar surface area (TPSA) is 101 Å². The maximum absolute atomic E-state index is 13.1. The first kappa shape index (κ1) is 32.9. The molecular formula is C29H42BrNO7Si. The first-order chi connectivity index (χ1) is 18.1. The molecule has 8 nitrogen and oxygen atoms in total. The molecule has 2 rings (SSSR count). The average molecular weight is 625 g/mol. The Bertz CT molecular complexity index is 1100. The second-order valence-corrected chi connectivity index (χ2v) is 16.9. The highest BCUT2D eigenvalue weighted by molar-refractivity contribution is 9.08. The summed E-state index contributed by atoms with van der Waals surface area (Å²) < 4.78 is 22.0. The van der Waals surface area contributed by atoms with E-state index >= 15 is 0 Å². The molecule has 0 amide bonds. The van der Waals surface area contributed by atoms with E-state index in [4.69, 9.17) is 18.6 Å². The summed E-state index contributed by atoms with van der Waals surface area (Å²) in [6.45, 7) is 14.7. The van der Waals surface area contributed by atoms with Crippen molar-refractivity contribution in [2.75, 3.05) is 21.3 Å². The third-order valence-electron chi connectivity index (χ3n) is 8.13. The van der Waals surface area contributed by atoms with Crippen LogP contribution in [0, 0.1) is 10.8 Å². The molecule has 1 heterocycles. The van der Waals surface area contributed by atoms with Crippen molar-refractivity contribution in [3.63, 3.8) is 0 Å². The fourth-order valence-electron chi connectivity index (χ4n) is 4.66. The van der Waals surface area contributed by atoms with Gasteiger partial charge in [-0.05, 0) is 49.5 Å². The number of nitrogens with zero attached hydrogens (tertiary/aromatic N) is 1. The Morgan fingerprint density at radius 1 is 1.05 bits per heavy atom. The van der Waals surface area contributed by atoms with Crippen molar-refractivity contribution in [2.45, 2.75) is 75.5 Å². The van der Waals surface area contributed by atoms with Crippen molar-refractivity contribution < 1.29 is 33.0 Å². The number of hydrogen-bond donors (Lipinski definition) is 0. The normalized spacial score (nSPS) is 21.4. The maximum atomic E-state index is 13.1. The van der Waals surface area contributed by atoms with Crippen LogP contribution >= 0.6 is 15.9 Å². The minimum atomic E-state index is -2.25. The number of carbonyl (C=O) groups excluding carboxylic acids is 3. The summed E-state index contributed by atoms with van der Waals surface area (Å²) in [7, 11) is 1.58. The van der Waals surface area contributed by atoms with E-state index in [1.165, 1.54) is 21.3 Å². The van der Waals surface area contributed by atoms with Gasteiger partial charge in [0.05, 0.1) is 32.6 Å². The standard InChI is InChI=1S/C29H42BrNO7Si/c1-10-29(38-39(8,9)26(2,3)4)20-28(29,25(34)37-7)17-12-11-16-27(23(32)35-5,24(33)36-6)18-21-14-13-15-22(19-30)31-21/h10-15H,1,16-20H2,2-9H3/b12-11+/t28-,29+/m1/s1. The van der Waals surface area contributed by atoms with Crippen LogP contribution in [0.2, 0.25) is 18.1 Å². The number of rotatable bonds is 13. The highest BCUT2D eigenvalue weighted by Crippen LogP contribution is 2.65. The van der Waals surface area contributed by atoms with Gasteiger partial charge < -0.3 is 18.6 Å². The SMILES string of the molecule is C=C[C@]1(O[Si](C)(C)C(C)(C)C)C[C@]1(C/C=C/CC(Cc1cccc(CBr)n1)(C(=O)OC)C(=O)OC)C(=O)OC. The van der Waals surface area contributed by atoms with Crippen LogP contribution in [0.4, 0.5) is 0 Å². The fraction of sp³-hybridized carbons (Fsp3) is 0.586. The Kier molecular flexibility index (Phi) is 10.5. The minimum Gasteiger partial charge on any atom is -0.468 e. The summed E-state index contributed by atoms with van der Waals surface area (Å²) in [5.74, 6) is -1.82. The molecule has 39 heavy (non-hydrogen) atoms. The minimum absolute atomic E-state index is 0.00595. The number of methoxy groups -OCH3 is 3. The van der Waals surface area contributed by atoms with Gasteiger partial charge in [-0.25, -0.2) is 0 Å². The molecule has 0 spiro atoms. The number of halogens is 1. The Hall–Kier alpha value is -2.30. The molecule has 10 heteroatoms. The zero-order valence-electron chi connectivity index (χ0n) is 24.4. The zero-order valence-corrected chi connectivity index (χ0v) is 27.0. The second kappa shape index (κ2) is 12.5.